The number of hydrogen-bond donors (Lipinski definition) is 2. The van der Waals surface area contributed by atoms with Crippen molar-refractivity contribution >= 4 is 58.7 Å². The predicted octanol–water partition coefficient (Wildman–Crippen LogP) is 6.84. The molecule has 0 saturated heterocycles. The molecule has 2 aliphatic carbocycles. The van der Waals surface area contributed by atoms with Gasteiger partial charge in [-0.25, -0.2) is 0 Å². The Morgan fingerprint density at radius 1 is 0.480 bits per heavy atom. The fraction of sp³-hybridized carbons (Fsp3) is 0.0465. The molecule has 0 fully saturated rings. The average molecular weight is 760 g/mol. The number of nitrogens with one attached hydrogen (secondary N) is 2. The van der Waals surface area contributed by atoms with Crippen LogP contribution in [0.1, 0.15) is 22.3 Å². The van der Waals surface area contributed by atoms with Crippen molar-refractivity contribution in [1.82, 2.24) is 10.6 Å². The minimum absolute atomic E-state index is 0. The SMILES string of the molecule is O=C1C=Cc2ccccc2/C1=C/NCCN/C=C1\C(=O)C=Cc2ccccc21.[C-]#[O+].[Ru].c1ccc(P(c2ccccc2)c2ccccc2)cc1. The fourth-order valence-corrected chi connectivity index (χ4v) is 7.83. The number of carbonyl (C=O) groups is 2. The van der Waals surface area contributed by atoms with Crippen molar-refractivity contribution < 1.29 is 33.7 Å². The quantitative estimate of drug-likeness (QED) is 0.0454. The first-order valence-electron chi connectivity index (χ1n) is 15.9. The molecule has 50 heavy (non-hydrogen) atoms. The first kappa shape index (κ1) is 37.6. The molecule has 5 nitrogen and oxygen atoms in total. The third-order valence-electron chi connectivity index (χ3n) is 7.81. The molecule has 5 aromatic carbocycles. The van der Waals surface area contributed by atoms with Crippen molar-refractivity contribution in [3.8, 4) is 0 Å². The molecule has 2 aliphatic rings. The normalized spacial score (nSPS) is 13.9. The number of rotatable bonds is 8. The van der Waals surface area contributed by atoms with Crippen LogP contribution in [0.25, 0.3) is 23.3 Å². The van der Waals surface area contributed by atoms with Gasteiger partial charge in [0, 0.05) is 56.1 Å². The Hall–Kier alpha value is -5.21. The summed E-state index contributed by atoms with van der Waals surface area (Å²) in [6, 6.07) is 48.0. The van der Waals surface area contributed by atoms with E-state index in [2.05, 4.69) is 108 Å². The first-order valence-corrected chi connectivity index (χ1v) is 17.2. The number of fused-ring (bicyclic) bond motifs is 2. The second-order valence-corrected chi connectivity index (χ2v) is 13.2. The molecular formula is C43H35N2O3PRu. The standard InChI is InChI=1S/C24H20N2O2.C18H15P.CO.Ru/c27-23-11-9-17-5-1-3-7-19(17)21(23)15-25-13-14-26-16-22-20-8-4-2-6-18(20)10-12-24(22)28;1-4-10-16(11-5-1)19(17-12-6-2-7-13-17)18-14-8-3-9-15-18;1-2;/h1-12,15-16,25-26H,13-14H2;1-15H;;/b21-15-,22-16-;;;. The van der Waals surface area contributed by atoms with Gasteiger partial charge < -0.3 is 10.6 Å². The summed E-state index contributed by atoms with van der Waals surface area (Å²) in [4.78, 5) is 24.3. The van der Waals surface area contributed by atoms with Gasteiger partial charge in [0.2, 0.25) is 0 Å². The van der Waals surface area contributed by atoms with Gasteiger partial charge in [0.1, 0.15) is 0 Å². The largest absolute Gasteiger partial charge is 0.0622 e. The van der Waals surface area contributed by atoms with E-state index in [4.69, 9.17) is 4.65 Å². The van der Waals surface area contributed by atoms with Crippen LogP contribution in [0.5, 0.6) is 0 Å². The van der Waals surface area contributed by atoms with E-state index in [1.165, 1.54) is 15.9 Å². The van der Waals surface area contributed by atoms with Crippen molar-refractivity contribution in [1.29, 1.82) is 0 Å². The third-order valence-corrected chi connectivity index (χ3v) is 10.3. The maximum Gasteiger partial charge on any atom is 0 e. The molecular weight excluding hydrogens is 725 g/mol. The number of benzene rings is 5. The summed E-state index contributed by atoms with van der Waals surface area (Å²) in [5, 5.41) is 10.6. The summed E-state index contributed by atoms with van der Waals surface area (Å²) < 4.78 is 7.50. The van der Waals surface area contributed by atoms with Gasteiger partial charge in [0.05, 0.1) is 0 Å². The molecule has 0 saturated carbocycles. The summed E-state index contributed by atoms with van der Waals surface area (Å²) in [6.07, 6.45) is 10.4. The molecule has 0 heterocycles. The maximum atomic E-state index is 12.2. The second kappa shape index (κ2) is 19.7. The number of hydrogen-bond acceptors (Lipinski definition) is 4. The van der Waals surface area contributed by atoms with Crippen LogP contribution in [0.15, 0.2) is 164 Å². The minimum atomic E-state index is -0.446. The van der Waals surface area contributed by atoms with Crippen LogP contribution < -0.4 is 26.5 Å². The number of allylic oxidation sites excluding steroid dienone is 4. The Morgan fingerprint density at radius 2 is 0.800 bits per heavy atom. The monoisotopic (exact) mass is 760 g/mol. The average Bonchev–Trinajstić information content (AvgIpc) is 3.17. The van der Waals surface area contributed by atoms with Gasteiger partial charge in [-0.2, -0.15) is 0 Å². The smallest absolute Gasteiger partial charge is 0 e. The van der Waals surface area contributed by atoms with Crippen LogP contribution in [0.2, 0.25) is 0 Å². The van der Waals surface area contributed by atoms with Gasteiger partial charge in [-0.15, -0.1) is 0 Å². The van der Waals surface area contributed by atoms with Gasteiger partial charge in [0.25, 0.3) is 0 Å². The zero-order valence-electron chi connectivity index (χ0n) is 27.2. The van der Waals surface area contributed by atoms with Crippen LogP contribution in [-0.2, 0) is 33.7 Å². The number of carbonyl (C=O) groups excluding carboxylic acids is 2. The topological polar surface area (TPSA) is 78.1 Å². The van der Waals surface area contributed by atoms with Gasteiger partial charge in [-0.05, 0) is 58.2 Å². The van der Waals surface area contributed by atoms with E-state index in [0.29, 0.717) is 24.2 Å². The molecule has 0 atom stereocenters. The molecule has 2 N–H and O–H groups in total. The van der Waals surface area contributed by atoms with Crippen LogP contribution >= 0.6 is 7.92 Å². The van der Waals surface area contributed by atoms with E-state index < -0.39 is 7.92 Å². The molecule has 7 rings (SSSR count). The van der Waals surface area contributed by atoms with Crippen LogP contribution in [0, 0.1) is 6.65 Å². The van der Waals surface area contributed by atoms with Gasteiger partial charge >= 0.3 is 11.3 Å². The van der Waals surface area contributed by atoms with E-state index in [-0.39, 0.29) is 31.0 Å². The Kier molecular flexibility index (Phi) is 14.8. The molecule has 5 aromatic rings. The van der Waals surface area contributed by atoms with Crippen molar-refractivity contribution in [2.24, 2.45) is 0 Å². The Balaban J connectivity index is 0.000000223. The molecule has 7 heteroatoms. The second-order valence-electron chi connectivity index (χ2n) is 10.9. The van der Waals surface area contributed by atoms with Gasteiger partial charge in [0.15, 0.2) is 11.6 Å². The van der Waals surface area contributed by atoms with Gasteiger partial charge in [-0.1, -0.05) is 152 Å². The summed E-state index contributed by atoms with van der Waals surface area (Å²) in [5.41, 5.74) is 5.29. The molecule has 0 radical (unpaired) electrons. The molecule has 0 bridgehead atoms. The van der Waals surface area contributed by atoms with Crippen molar-refractivity contribution in [3.05, 3.63) is 193 Å². The fourth-order valence-electron chi connectivity index (χ4n) is 5.52. The van der Waals surface area contributed by atoms with Gasteiger partial charge in [-0.3, -0.25) is 9.59 Å². The molecule has 248 valence electrons. The van der Waals surface area contributed by atoms with Crippen molar-refractivity contribution in [2.45, 2.75) is 0 Å². The Morgan fingerprint density at radius 3 is 1.16 bits per heavy atom. The Bertz CT molecular complexity index is 1840. The van der Waals surface area contributed by atoms with Crippen LogP contribution in [0.3, 0.4) is 0 Å². The van der Waals surface area contributed by atoms with E-state index >= 15 is 0 Å². The molecule has 0 aromatic heterocycles. The van der Waals surface area contributed by atoms with Crippen LogP contribution in [0.4, 0.5) is 0 Å². The predicted molar refractivity (Wildman–Crippen MR) is 202 cm³/mol. The summed E-state index contributed by atoms with van der Waals surface area (Å²) in [6.45, 7) is 5.75. The zero-order valence-corrected chi connectivity index (χ0v) is 29.8. The van der Waals surface area contributed by atoms with Crippen molar-refractivity contribution in [3.63, 3.8) is 0 Å². The summed E-state index contributed by atoms with van der Waals surface area (Å²) in [7, 11) is -0.446. The first-order chi connectivity index (χ1) is 24.2. The maximum absolute atomic E-state index is 12.2. The van der Waals surface area contributed by atoms with Crippen molar-refractivity contribution in [2.75, 3.05) is 13.1 Å². The van der Waals surface area contributed by atoms with E-state index in [1.54, 1.807) is 24.6 Å². The molecule has 0 spiro atoms. The Labute approximate surface area is 307 Å². The van der Waals surface area contributed by atoms with Crippen LogP contribution in [-0.4, -0.2) is 24.7 Å². The summed E-state index contributed by atoms with van der Waals surface area (Å²) in [5.74, 6) is -0.00468. The van der Waals surface area contributed by atoms with E-state index in [9.17, 15) is 9.59 Å². The van der Waals surface area contributed by atoms with E-state index in [1.807, 2.05) is 60.7 Å². The third kappa shape index (κ3) is 9.70. The summed E-state index contributed by atoms with van der Waals surface area (Å²) >= 11 is 0. The minimum Gasteiger partial charge on any atom is -0.0622 e. The zero-order chi connectivity index (χ0) is 34.3. The molecule has 0 aliphatic heterocycles. The molecule has 0 amide bonds. The number of ketones is 2. The van der Waals surface area contributed by atoms with E-state index in [0.717, 1.165) is 22.3 Å². The molecule has 0 unspecified atom stereocenters.